The standard InChI is InChI=1S/C16H26N2O2/c1-14(16(19)18-12-7-13-20-2)17-11-6-10-15-8-4-3-5-9-15/h3-5,8-9,14,17H,6-7,10-13H2,1-2H3,(H,18,19). The average Bonchev–Trinajstić information content (AvgIpc) is 2.48. The number of nitrogens with one attached hydrogen (secondary N) is 2. The first-order valence-electron chi connectivity index (χ1n) is 7.28. The molecule has 0 aliphatic rings. The molecule has 4 nitrogen and oxygen atoms in total. The second-order valence-electron chi connectivity index (χ2n) is 4.90. The Balaban J connectivity index is 2.07. The number of benzene rings is 1. The highest BCUT2D eigenvalue weighted by Crippen LogP contribution is 2.01. The number of methoxy groups -OCH3 is 1. The van der Waals surface area contributed by atoms with Crippen molar-refractivity contribution < 1.29 is 9.53 Å². The smallest absolute Gasteiger partial charge is 0.236 e. The van der Waals surface area contributed by atoms with Crippen molar-refractivity contribution in [3.8, 4) is 0 Å². The molecule has 0 saturated heterocycles. The lowest BCUT2D eigenvalue weighted by Gasteiger charge is -2.14. The van der Waals surface area contributed by atoms with Gasteiger partial charge in [0.2, 0.25) is 5.91 Å². The minimum absolute atomic E-state index is 0.0563. The minimum atomic E-state index is -0.145. The lowest BCUT2D eigenvalue weighted by molar-refractivity contribution is -0.122. The van der Waals surface area contributed by atoms with Crippen molar-refractivity contribution in [2.75, 3.05) is 26.8 Å². The zero-order valence-electron chi connectivity index (χ0n) is 12.5. The molecular weight excluding hydrogens is 252 g/mol. The van der Waals surface area contributed by atoms with Crippen LogP contribution in [0.5, 0.6) is 0 Å². The van der Waals surface area contributed by atoms with Gasteiger partial charge in [-0.3, -0.25) is 4.79 Å². The number of carbonyl (C=O) groups excluding carboxylic acids is 1. The van der Waals surface area contributed by atoms with Crippen LogP contribution in [0.4, 0.5) is 0 Å². The minimum Gasteiger partial charge on any atom is -0.385 e. The number of carbonyl (C=O) groups is 1. The molecule has 2 N–H and O–H groups in total. The van der Waals surface area contributed by atoms with Crippen LogP contribution in [-0.2, 0) is 16.0 Å². The summed E-state index contributed by atoms with van der Waals surface area (Å²) in [6.45, 7) is 4.09. The molecule has 0 bridgehead atoms. The summed E-state index contributed by atoms with van der Waals surface area (Å²) in [4.78, 5) is 11.8. The molecule has 1 unspecified atom stereocenters. The van der Waals surface area contributed by atoms with Crippen molar-refractivity contribution in [2.45, 2.75) is 32.2 Å². The maximum atomic E-state index is 11.8. The van der Waals surface area contributed by atoms with Crippen LogP contribution in [0.15, 0.2) is 30.3 Å². The van der Waals surface area contributed by atoms with Crippen LogP contribution in [0.2, 0.25) is 0 Å². The number of rotatable bonds is 10. The summed E-state index contributed by atoms with van der Waals surface area (Å²) in [5, 5.41) is 6.14. The van der Waals surface area contributed by atoms with Gasteiger partial charge in [-0.25, -0.2) is 0 Å². The van der Waals surface area contributed by atoms with Gasteiger partial charge in [0.05, 0.1) is 6.04 Å². The maximum Gasteiger partial charge on any atom is 0.236 e. The summed E-state index contributed by atoms with van der Waals surface area (Å²) in [5.74, 6) is 0.0563. The molecule has 0 spiro atoms. The van der Waals surface area contributed by atoms with Gasteiger partial charge in [0.1, 0.15) is 0 Å². The van der Waals surface area contributed by atoms with Crippen molar-refractivity contribution in [1.82, 2.24) is 10.6 Å². The molecule has 1 aromatic carbocycles. The molecular formula is C16H26N2O2. The monoisotopic (exact) mass is 278 g/mol. The van der Waals surface area contributed by atoms with E-state index in [1.54, 1.807) is 7.11 Å². The molecule has 1 rings (SSSR count). The van der Waals surface area contributed by atoms with E-state index in [2.05, 4.69) is 34.9 Å². The topological polar surface area (TPSA) is 50.4 Å². The van der Waals surface area contributed by atoms with Gasteiger partial charge in [-0.05, 0) is 38.3 Å². The van der Waals surface area contributed by atoms with Gasteiger partial charge < -0.3 is 15.4 Å². The van der Waals surface area contributed by atoms with Crippen molar-refractivity contribution in [3.63, 3.8) is 0 Å². The van der Waals surface area contributed by atoms with Crippen LogP contribution in [0.3, 0.4) is 0 Å². The van der Waals surface area contributed by atoms with E-state index >= 15 is 0 Å². The Bertz CT molecular complexity index is 368. The molecule has 1 atom stereocenters. The zero-order valence-corrected chi connectivity index (χ0v) is 12.5. The van der Waals surface area contributed by atoms with E-state index in [-0.39, 0.29) is 11.9 Å². The van der Waals surface area contributed by atoms with Gasteiger partial charge in [0.25, 0.3) is 0 Å². The Hall–Kier alpha value is -1.39. The van der Waals surface area contributed by atoms with Crippen LogP contribution < -0.4 is 10.6 Å². The van der Waals surface area contributed by atoms with Gasteiger partial charge in [0.15, 0.2) is 0 Å². The Labute approximate surface area is 121 Å². The third kappa shape index (κ3) is 7.26. The summed E-state index contributed by atoms with van der Waals surface area (Å²) in [5.41, 5.74) is 1.34. The average molecular weight is 278 g/mol. The summed E-state index contributed by atoms with van der Waals surface area (Å²) in [7, 11) is 1.67. The van der Waals surface area contributed by atoms with Crippen LogP contribution in [-0.4, -0.2) is 38.8 Å². The highest BCUT2D eigenvalue weighted by Gasteiger charge is 2.10. The quantitative estimate of drug-likeness (QED) is 0.641. The fourth-order valence-electron chi connectivity index (χ4n) is 1.93. The van der Waals surface area contributed by atoms with Gasteiger partial charge >= 0.3 is 0 Å². The van der Waals surface area contributed by atoms with E-state index in [0.29, 0.717) is 13.2 Å². The van der Waals surface area contributed by atoms with Crippen LogP contribution >= 0.6 is 0 Å². The molecule has 20 heavy (non-hydrogen) atoms. The first-order chi connectivity index (χ1) is 9.74. The predicted molar refractivity (Wildman–Crippen MR) is 81.7 cm³/mol. The third-order valence-electron chi connectivity index (χ3n) is 3.15. The highest BCUT2D eigenvalue weighted by atomic mass is 16.5. The number of amides is 1. The SMILES string of the molecule is COCCCNC(=O)C(C)NCCCc1ccccc1. The fraction of sp³-hybridized carbons (Fsp3) is 0.562. The molecule has 1 aromatic rings. The molecule has 0 radical (unpaired) electrons. The van der Waals surface area contributed by atoms with Crippen LogP contribution in [0, 0.1) is 0 Å². The molecule has 4 heteroatoms. The van der Waals surface area contributed by atoms with E-state index < -0.39 is 0 Å². The molecule has 0 aromatic heterocycles. The molecule has 0 aliphatic heterocycles. The number of hydrogen-bond acceptors (Lipinski definition) is 3. The van der Waals surface area contributed by atoms with Crippen LogP contribution in [0.1, 0.15) is 25.3 Å². The second kappa shape index (κ2) is 10.4. The first kappa shape index (κ1) is 16.7. The molecule has 0 fully saturated rings. The zero-order chi connectivity index (χ0) is 14.6. The molecule has 0 saturated carbocycles. The fourth-order valence-corrected chi connectivity index (χ4v) is 1.93. The van der Waals surface area contributed by atoms with Crippen molar-refractivity contribution in [2.24, 2.45) is 0 Å². The molecule has 112 valence electrons. The number of ether oxygens (including phenoxy) is 1. The Kier molecular flexibility index (Phi) is 8.67. The first-order valence-corrected chi connectivity index (χ1v) is 7.28. The van der Waals surface area contributed by atoms with Crippen molar-refractivity contribution in [1.29, 1.82) is 0 Å². The Morgan fingerprint density at radius 3 is 2.65 bits per heavy atom. The van der Waals surface area contributed by atoms with Crippen molar-refractivity contribution in [3.05, 3.63) is 35.9 Å². The van der Waals surface area contributed by atoms with E-state index in [9.17, 15) is 4.79 Å². The van der Waals surface area contributed by atoms with Gasteiger partial charge in [-0.1, -0.05) is 30.3 Å². The summed E-state index contributed by atoms with van der Waals surface area (Å²) in [6, 6.07) is 10.3. The van der Waals surface area contributed by atoms with Crippen molar-refractivity contribution >= 4 is 5.91 Å². The van der Waals surface area contributed by atoms with E-state index in [4.69, 9.17) is 4.74 Å². The predicted octanol–water partition coefficient (Wildman–Crippen LogP) is 1.75. The number of aryl methyl sites for hydroxylation is 1. The largest absolute Gasteiger partial charge is 0.385 e. The maximum absolute atomic E-state index is 11.8. The van der Waals surface area contributed by atoms with E-state index in [1.165, 1.54) is 5.56 Å². The summed E-state index contributed by atoms with van der Waals surface area (Å²) < 4.78 is 4.94. The molecule has 0 aliphatic carbocycles. The van der Waals surface area contributed by atoms with Crippen LogP contribution in [0.25, 0.3) is 0 Å². The summed E-state index contributed by atoms with van der Waals surface area (Å²) >= 11 is 0. The van der Waals surface area contributed by atoms with E-state index in [0.717, 1.165) is 25.8 Å². The van der Waals surface area contributed by atoms with Gasteiger partial charge in [-0.15, -0.1) is 0 Å². The lowest BCUT2D eigenvalue weighted by atomic mass is 10.1. The highest BCUT2D eigenvalue weighted by molar-refractivity contribution is 5.81. The van der Waals surface area contributed by atoms with E-state index in [1.807, 2.05) is 13.0 Å². The Morgan fingerprint density at radius 2 is 1.95 bits per heavy atom. The summed E-state index contributed by atoms with van der Waals surface area (Å²) in [6.07, 6.45) is 2.92. The Morgan fingerprint density at radius 1 is 1.20 bits per heavy atom. The third-order valence-corrected chi connectivity index (χ3v) is 3.15. The molecule has 1 amide bonds. The second-order valence-corrected chi connectivity index (χ2v) is 4.90. The molecule has 0 heterocycles. The number of hydrogen-bond donors (Lipinski definition) is 2. The van der Waals surface area contributed by atoms with Gasteiger partial charge in [-0.2, -0.15) is 0 Å². The normalized spacial score (nSPS) is 12.1. The lowest BCUT2D eigenvalue weighted by Crippen LogP contribution is -2.43. The van der Waals surface area contributed by atoms with Gasteiger partial charge in [0, 0.05) is 20.3 Å².